The van der Waals surface area contributed by atoms with E-state index in [9.17, 15) is 9.59 Å². The van der Waals surface area contributed by atoms with Crippen LogP contribution in [0, 0.1) is 13.8 Å². The van der Waals surface area contributed by atoms with Gasteiger partial charge in [0.2, 0.25) is 0 Å². The molecule has 2 aromatic carbocycles. The first-order valence-corrected chi connectivity index (χ1v) is 9.55. The lowest BCUT2D eigenvalue weighted by Gasteiger charge is -2.22. The summed E-state index contributed by atoms with van der Waals surface area (Å²) in [5.41, 5.74) is 3.47. The van der Waals surface area contributed by atoms with E-state index >= 15 is 0 Å². The van der Waals surface area contributed by atoms with Crippen LogP contribution in [-0.2, 0) is 21.4 Å². The lowest BCUT2D eigenvalue weighted by molar-refractivity contribution is -0.142. The van der Waals surface area contributed by atoms with E-state index in [1.807, 2.05) is 70.3 Å². The zero-order valence-electron chi connectivity index (χ0n) is 17.2. The summed E-state index contributed by atoms with van der Waals surface area (Å²) in [5, 5.41) is 6.35. The molecule has 0 saturated carbocycles. The van der Waals surface area contributed by atoms with Crippen molar-refractivity contribution in [2.24, 2.45) is 7.05 Å². The maximum Gasteiger partial charge on any atom is 0.331 e. The van der Waals surface area contributed by atoms with E-state index in [0.717, 1.165) is 33.4 Å². The molecule has 3 rings (SSSR count). The lowest BCUT2D eigenvalue weighted by atomic mass is 10.1. The number of ether oxygens (including phenoxy) is 1. The van der Waals surface area contributed by atoms with Gasteiger partial charge in [0, 0.05) is 36.3 Å². The number of likely N-dealkylation sites (N-methyl/N-ethyl adjacent to an activating group) is 1. The third-order valence-electron chi connectivity index (χ3n) is 4.96. The number of carbonyl (C=O) groups excluding carboxylic acids is 2. The molecule has 0 N–H and O–H groups in total. The highest BCUT2D eigenvalue weighted by Gasteiger charge is 2.17. The molecule has 0 aliphatic rings. The molecule has 0 fully saturated rings. The SMILES string of the molecule is CCN(C(=O)COC(=O)/C=C\c1c(C)nn(C)c1C)c1cccc2ccccc12. The number of aryl methyl sites for hydroxylation is 2. The van der Waals surface area contributed by atoms with Gasteiger partial charge in [-0.3, -0.25) is 9.48 Å². The van der Waals surface area contributed by atoms with E-state index in [4.69, 9.17) is 4.74 Å². The minimum atomic E-state index is -0.560. The molecule has 1 aromatic heterocycles. The minimum absolute atomic E-state index is 0.264. The molecule has 6 heteroatoms. The number of esters is 1. The Balaban J connectivity index is 1.68. The van der Waals surface area contributed by atoms with Crippen LogP contribution in [-0.4, -0.2) is 34.8 Å². The smallest absolute Gasteiger partial charge is 0.331 e. The van der Waals surface area contributed by atoms with Crippen molar-refractivity contribution in [2.75, 3.05) is 18.1 Å². The number of nitrogens with zero attached hydrogens (tertiary/aromatic N) is 3. The number of hydrogen-bond acceptors (Lipinski definition) is 4. The van der Waals surface area contributed by atoms with E-state index in [0.29, 0.717) is 6.54 Å². The largest absolute Gasteiger partial charge is 0.452 e. The minimum Gasteiger partial charge on any atom is -0.452 e. The molecule has 0 aliphatic carbocycles. The van der Waals surface area contributed by atoms with E-state index in [2.05, 4.69) is 5.10 Å². The normalized spacial score (nSPS) is 11.2. The predicted molar refractivity (Wildman–Crippen MR) is 115 cm³/mol. The maximum absolute atomic E-state index is 12.7. The number of rotatable bonds is 6. The molecule has 3 aromatic rings. The summed E-state index contributed by atoms with van der Waals surface area (Å²) in [6.45, 7) is 5.87. The summed E-state index contributed by atoms with van der Waals surface area (Å²) in [5.74, 6) is -0.825. The average molecular weight is 391 g/mol. The summed E-state index contributed by atoms with van der Waals surface area (Å²) in [6.07, 6.45) is 3.01. The standard InChI is InChI=1S/C23H25N3O3/c1-5-26(21-12-8-10-18-9-6-7-11-20(18)21)22(27)15-29-23(28)14-13-19-16(2)24-25(4)17(19)3/h6-14H,5,15H2,1-4H3/b14-13-. The Kier molecular flexibility index (Phi) is 6.12. The number of fused-ring (bicyclic) bond motifs is 1. The summed E-state index contributed by atoms with van der Waals surface area (Å²) in [4.78, 5) is 26.5. The average Bonchev–Trinajstić information content (AvgIpc) is 2.96. The summed E-state index contributed by atoms with van der Waals surface area (Å²) >= 11 is 0. The van der Waals surface area contributed by atoms with Gasteiger partial charge in [0.1, 0.15) is 0 Å². The van der Waals surface area contributed by atoms with Gasteiger partial charge in [0.05, 0.1) is 11.4 Å². The van der Waals surface area contributed by atoms with E-state index in [-0.39, 0.29) is 12.5 Å². The summed E-state index contributed by atoms with van der Waals surface area (Å²) in [7, 11) is 1.85. The molecule has 1 heterocycles. The van der Waals surface area contributed by atoms with Crippen LogP contribution < -0.4 is 4.90 Å². The third-order valence-corrected chi connectivity index (χ3v) is 4.96. The molecule has 0 atom stereocenters. The number of hydrogen-bond donors (Lipinski definition) is 0. The Labute approximate surface area is 170 Å². The predicted octanol–water partition coefficient (Wildman–Crippen LogP) is 3.80. The van der Waals surface area contributed by atoms with E-state index in [1.165, 1.54) is 6.08 Å². The Morgan fingerprint density at radius 1 is 1.14 bits per heavy atom. The van der Waals surface area contributed by atoms with E-state index in [1.54, 1.807) is 15.7 Å². The van der Waals surface area contributed by atoms with Crippen molar-refractivity contribution >= 4 is 34.4 Å². The van der Waals surface area contributed by atoms with Crippen LogP contribution in [0.2, 0.25) is 0 Å². The van der Waals surface area contributed by atoms with Crippen molar-refractivity contribution < 1.29 is 14.3 Å². The second-order valence-electron chi connectivity index (χ2n) is 6.79. The molecule has 0 spiro atoms. The number of benzene rings is 2. The Bertz CT molecular complexity index is 1080. The fourth-order valence-corrected chi connectivity index (χ4v) is 3.37. The molecule has 150 valence electrons. The molecule has 6 nitrogen and oxygen atoms in total. The van der Waals surface area contributed by atoms with Crippen molar-refractivity contribution in [3.63, 3.8) is 0 Å². The molecule has 0 unspecified atom stereocenters. The Hall–Kier alpha value is -3.41. The fraction of sp³-hybridized carbons (Fsp3) is 0.261. The number of carbonyl (C=O) groups is 2. The van der Waals surface area contributed by atoms with Crippen molar-refractivity contribution in [3.05, 3.63) is 65.5 Å². The van der Waals surface area contributed by atoms with Gasteiger partial charge in [0.25, 0.3) is 5.91 Å². The number of anilines is 1. The van der Waals surface area contributed by atoms with Gasteiger partial charge in [-0.05, 0) is 38.3 Å². The zero-order valence-corrected chi connectivity index (χ0v) is 17.2. The maximum atomic E-state index is 12.7. The molecule has 0 bridgehead atoms. The van der Waals surface area contributed by atoms with Gasteiger partial charge >= 0.3 is 5.97 Å². The molecular weight excluding hydrogens is 366 g/mol. The van der Waals surface area contributed by atoms with Crippen molar-refractivity contribution in [1.29, 1.82) is 0 Å². The zero-order chi connectivity index (χ0) is 21.0. The topological polar surface area (TPSA) is 64.4 Å². The highest BCUT2D eigenvalue weighted by Crippen LogP contribution is 2.26. The number of amides is 1. The van der Waals surface area contributed by atoms with Crippen LogP contribution in [0.5, 0.6) is 0 Å². The van der Waals surface area contributed by atoms with Crippen molar-refractivity contribution in [3.8, 4) is 0 Å². The number of aromatic nitrogens is 2. The highest BCUT2D eigenvalue weighted by molar-refractivity contribution is 6.04. The fourth-order valence-electron chi connectivity index (χ4n) is 3.37. The van der Waals surface area contributed by atoms with Crippen molar-refractivity contribution in [2.45, 2.75) is 20.8 Å². The second-order valence-corrected chi connectivity index (χ2v) is 6.79. The first-order valence-electron chi connectivity index (χ1n) is 9.55. The van der Waals surface area contributed by atoms with Gasteiger partial charge in [-0.2, -0.15) is 5.10 Å². The van der Waals surface area contributed by atoms with Gasteiger partial charge in [-0.1, -0.05) is 36.4 Å². The first kappa shape index (κ1) is 20.3. The Morgan fingerprint density at radius 2 is 1.86 bits per heavy atom. The monoisotopic (exact) mass is 391 g/mol. The molecule has 1 amide bonds. The van der Waals surface area contributed by atoms with Crippen LogP contribution in [0.1, 0.15) is 23.9 Å². The first-order chi connectivity index (χ1) is 13.9. The third kappa shape index (κ3) is 4.37. The van der Waals surface area contributed by atoms with E-state index < -0.39 is 5.97 Å². The van der Waals surface area contributed by atoms with Crippen LogP contribution >= 0.6 is 0 Å². The van der Waals surface area contributed by atoms with Crippen LogP contribution in [0.4, 0.5) is 5.69 Å². The van der Waals surface area contributed by atoms with Gasteiger partial charge in [-0.25, -0.2) is 4.79 Å². The molecule has 29 heavy (non-hydrogen) atoms. The van der Waals surface area contributed by atoms with Crippen LogP contribution in [0.3, 0.4) is 0 Å². The molecule has 0 saturated heterocycles. The summed E-state index contributed by atoms with van der Waals surface area (Å²) in [6, 6.07) is 13.7. The second kappa shape index (κ2) is 8.73. The lowest BCUT2D eigenvalue weighted by Crippen LogP contribution is -2.34. The van der Waals surface area contributed by atoms with Crippen LogP contribution in [0.25, 0.3) is 16.8 Å². The molecule has 0 radical (unpaired) electrons. The Morgan fingerprint density at radius 3 is 2.55 bits per heavy atom. The summed E-state index contributed by atoms with van der Waals surface area (Å²) < 4.78 is 6.94. The molecule has 0 aliphatic heterocycles. The highest BCUT2D eigenvalue weighted by atomic mass is 16.5. The van der Waals surface area contributed by atoms with Gasteiger partial charge in [-0.15, -0.1) is 0 Å². The molecular formula is C23H25N3O3. The van der Waals surface area contributed by atoms with Crippen molar-refractivity contribution in [1.82, 2.24) is 9.78 Å². The van der Waals surface area contributed by atoms with Gasteiger partial charge < -0.3 is 9.64 Å². The quantitative estimate of drug-likeness (QED) is 0.474. The van der Waals surface area contributed by atoms with Crippen LogP contribution in [0.15, 0.2) is 48.5 Å². The van der Waals surface area contributed by atoms with Gasteiger partial charge in [0.15, 0.2) is 6.61 Å².